The van der Waals surface area contributed by atoms with Crippen LogP contribution in [0.2, 0.25) is 5.02 Å². The quantitative estimate of drug-likeness (QED) is 0.850. The molecule has 0 bridgehead atoms. The molecular weight excluding hydrogens is 294 g/mol. The monoisotopic (exact) mass is 311 g/mol. The van der Waals surface area contributed by atoms with Gasteiger partial charge in [0.15, 0.2) is 0 Å². The molecule has 0 radical (unpaired) electrons. The van der Waals surface area contributed by atoms with Crippen LogP contribution in [-0.4, -0.2) is 36.7 Å². The van der Waals surface area contributed by atoms with Crippen LogP contribution < -0.4 is 5.32 Å². The second-order valence-electron chi connectivity index (χ2n) is 4.76. The van der Waals surface area contributed by atoms with Gasteiger partial charge >= 0.3 is 0 Å². The number of carbonyl (C=O) groups is 1. The van der Waals surface area contributed by atoms with E-state index in [1.807, 2.05) is 30.0 Å². The van der Waals surface area contributed by atoms with Crippen molar-refractivity contribution >= 4 is 35.3 Å². The van der Waals surface area contributed by atoms with Gasteiger partial charge in [0.2, 0.25) is 5.91 Å². The van der Waals surface area contributed by atoms with Crippen LogP contribution in [0.3, 0.4) is 0 Å². The molecule has 1 aliphatic rings. The summed E-state index contributed by atoms with van der Waals surface area (Å²) in [5.41, 5.74) is 0.626. The number of ether oxygens (including phenoxy) is 1. The molecule has 0 aromatic heterocycles. The number of nitrogens with one attached hydrogen (secondary N) is 1. The SMILES string of the molecule is CO[C@]1(CNC(=O)/C=C/c2ccccc2Cl)CCSC1. The lowest BCUT2D eigenvalue weighted by Gasteiger charge is -2.26. The fraction of sp³-hybridized carbons (Fsp3) is 0.400. The number of amides is 1. The third-order valence-corrected chi connectivity index (χ3v) is 4.97. The van der Waals surface area contributed by atoms with Gasteiger partial charge in [-0.25, -0.2) is 0 Å². The van der Waals surface area contributed by atoms with E-state index in [0.29, 0.717) is 11.6 Å². The molecule has 3 nitrogen and oxygen atoms in total. The van der Waals surface area contributed by atoms with Crippen LogP contribution in [0, 0.1) is 0 Å². The van der Waals surface area contributed by atoms with Crippen LogP contribution in [0.4, 0.5) is 0 Å². The highest BCUT2D eigenvalue weighted by Crippen LogP contribution is 2.30. The van der Waals surface area contributed by atoms with Crippen LogP contribution in [-0.2, 0) is 9.53 Å². The van der Waals surface area contributed by atoms with Crippen molar-refractivity contribution in [2.45, 2.75) is 12.0 Å². The summed E-state index contributed by atoms with van der Waals surface area (Å²) in [5.74, 6) is 1.88. The van der Waals surface area contributed by atoms with Crippen molar-refractivity contribution in [1.82, 2.24) is 5.32 Å². The third kappa shape index (κ3) is 4.01. The number of benzene rings is 1. The molecular formula is C15H18ClNO2S. The van der Waals surface area contributed by atoms with Crippen LogP contribution in [0.15, 0.2) is 30.3 Å². The highest BCUT2D eigenvalue weighted by Gasteiger charge is 2.34. The summed E-state index contributed by atoms with van der Waals surface area (Å²) in [4.78, 5) is 11.8. The zero-order chi connectivity index (χ0) is 14.4. The molecule has 1 amide bonds. The minimum atomic E-state index is -0.210. The molecule has 5 heteroatoms. The van der Waals surface area contributed by atoms with E-state index in [0.717, 1.165) is 23.5 Å². The minimum absolute atomic E-state index is 0.127. The van der Waals surface area contributed by atoms with Gasteiger partial charge in [0, 0.05) is 30.5 Å². The lowest BCUT2D eigenvalue weighted by molar-refractivity contribution is -0.117. The molecule has 1 atom stereocenters. The highest BCUT2D eigenvalue weighted by molar-refractivity contribution is 7.99. The Morgan fingerprint density at radius 3 is 3.00 bits per heavy atom. The maximum Gasteiger partial charge on any atom is 0.244 e. The van der Waals surface area contributed by atoms with E-state index < -0.39 is 0 Å². The average molecular weight is 312 g/mol. The van der Waals surface area contributed by atoms with Crippen LogP contribution in [0.25, 0.3) is 6.08 Å². The van der Waals surface area contributed by atoms with Gasteiger partial charge in [-0.1, -0.05) is 29.8 Å². The van der Waals surface area contributed by atoms with E-state index in [1.54, 1.807) is 19.3 Å². The fourth-order valence-electron chi connectivity index (χ4n) is 2.04. The fourth-order valence-corrected chi connectivity index (χ4v) is 3.64. The topological polar surface area (TPSA) is 38.3 Å². The van der Waals surface area contributed by atoms with Crippen molar-refractivity contribution in [2.24, 2.45) is 0 Å². The summed E-state index contributed by atoms with van der Waals surface area (Å²) < 4.78 is 5.55. The van der Waals surface area contributed by atoms with E-state index in [1.165, 1.54) is 6.08 Å². The van der Waals surface area contributed by atoms with Gasteiger partial charge in [-0.2, -0.15) is 11.8 Å². The first-order valence-electron chi connectivity index (χ1n) is 6.49. The largest absolute Gasteiger partial charge is 0.376 e. The van der Waals surface area contributed by atoms with Gasteiger partial charge in [0.25, 0.3) is 0 Å². The van der Waals surface area contributed by atoms with Crippen LogP contribution >= 0.6 is 23.4 Å². The second-order valence-corrected chi connectivity index (χ2v) is 6.27. The van der Waals surface area contributed by atoms with E-state index in [2.05, 4.69) is 5.32 Å². The van der Waals surface area contributed by atoms with Crippen LogP contribution in [0.5, 0.6) is 0 Å². The van der Waals surface area contributed by atoms with Gasteiger partial charge in [-0.05, 0) is 29.9 Å². The Bertz CT molecular complexity index is 498. The van der Waals surface area contributed by atoms with Crippen molar-refractivity contribution in [2.75, 3.05) is 25.2 Å². The Labute approximate surface area is 128 Å². The number of thioether (sulfide) groups is 1. The van der Waals surface area contributed by atoms with E-state index in [-0.39, 0.29) is 11.5 Å². The number of hydrogen-bond acceptors (Lipinski definition) is 3. The van der Waals surface area contributed by atoms with Gasteiger partial charge in [0.1, 0.15) is 0 Å². The predicted octanol–water partition coefficient (Wildman–Crippen LogP) is 2.99. The molecule has 2 rings (SSSR count). The molecule has 108 valence electrons. The zero-order valence-corrected chi connectivity index (χ0v) is 13.0. The van der Waals surface area contributed by atoms with Gasteiger partial charge in [-0.3, -0.25) is 4.79 Å². The number of halogens is 1. The lowest BCUT2D eigenvalue weighted by atomic mass is 10.0. The summed E-state index contributed by atoms with van der Waals surface area (Å²) >= 11 is 7.88. The zero-order valence-electron chi connectivity index (χ0n) is 11.4. The Kier molecular flexibility index (Phi) is 5.52. The standard InChI is InChI=1S/C15H18ClNO2S/c1-19-15(8-9-20-11-15)10-17-14(18)7-6-12-4-2-3-5-13(12)16/h2-7H,8-11H2,1H3,(H,17,18)/b7-6+/t15-/m0/s1. The Balaban J connectivity index is 1.88. The lowest BCUT2D eigenvalue weighted by Crippen LogP contribution is -2.44. The molecule has 1 heterocycles. The summed E-state index contributed by atoms with van der Waals surface area (Å²) in [5, 5.41) is 3.54. The molecule has 0 unspecified atom stereocenters. The molecule has 1 fully saturated rings. The van der Waals surface area contributed by atoms with Crippen molar-refractivity contribution < 1.29 is 9.53 Å². The maximum atomic E-state index is 11.8. The summed E-state index contributed by atoms with van der Waals surface area (Å²) in [6.45, 7) is 0.544. The van der Waals surface area contributed by atoms with Gasteiger partial charge in [-0.15, -0.1) is 0 Å². The van der Waals surface area contributed by atoms with Gasteiger partial charge < -0.3 is 10.1 Å². The minimum Gasteiger partial charge on any atom is -0.376 e. The van der Waals surface area contributed by atoms with E-state index in [9.17, 15) is 4.79 Å². The molecule has 1 aliphatic heterocycles. The molecule has 1 aromatic carbocycles. The summed E-state index contributed by atoms with van der Waals surface area (Å²) in [6.07, 6.45) is 4.20. The van der Waals surface area contributed by atoms with Crippen molar-refractivity contribution in [3.63, 3.8) is 0 Å². The van der Waals surface area contributed by atoms with E-state index >= 15 is 0 Å². The number of carbonyl (C=O) groups excluding carboxylic acids is 1. The number of hydrogen-bond donors (Lipinski definition) is 1. The second kappa shape index (κ2) is 7.16. The first-order valence-corrected chi connectivity index (χ1v) is 8.02. The Morgan fingerprint density at radius 2 is 2.35 bits per heavy atom. The predicted molar refractivity (Wildman–Crippen MR) is 85.2 cm³/mol. The Hall–Kier alpha value is -0.970. The first kappa shape index (κ1) is 15.4. The van der Waals surface area contributed by atoms with Gasteiger partial charge in [0.05, 0.1) is 5.60 Å². The first-order chi connectivity index (χ1) is 9.65. The van der Waals surface area contributed by atoms with Crippen molar-refractivity contribution in [1.29, 1.82) is 0 Å². The van der Waals surface area contributed by atoms with Crippen molar-refractivity contribution in [3.8, 4) is 0 Å². The molecule has 1 N–H and O–H groups in total. The summed E-state index contributed by atoms with van der Waals surface area (Å²) in [6, 6.07) is 7.42. The molecule has 20 heavy (non-hydrogen) atoms. The summed E-state index contributed by atoms with van der Waals surface area (Å²) in [7, 11) is 1.71. The molecule has 0 saturated carbocycles. The Morgan fingerprint density at radius 1 is 1.55 bits per heavy atom. The average Bonchev–Trinajstić information content (AvgIpc) is 2.94. The highest BCUT2D eigenvalue weighted by atomic mass is 35.5. The normalized spacial score (nSPS) is 22.3. The number of rotatable bonds is 5. The van der Waals surface area contributed by atoms with Crippen molar-refractivity contribution in [3.05, 3.63) is 40.9 Å². The molecule has 0 aliphatic carbocycles. The smallest absolute Gasteiger partial charge is 0.244 e. The maximum absolute atomic E-state index is 11.8. The van der Waals surface area contributed by atoms with E-state index in [4.69, 9.17) is 16.3 Å². The molecule has 1 aromatic rings. The van der Waals surface area contributed by atoms with Crippen LogP contribution in [0.1, 0.15) is 12.0 Å². The molecule has 0 spiro atoms. The number of methoxy groups -OCH3 is 1. The third-order valence-electron chi connectivity index (χ3n) is 3.40. The molecule has 1 saturated heterocycles.